The van der Waals surface area contributed by atoms with Crippen LogP contribution in [0, 0.1) is 11.8 Å². The van der Waals surface area contributed by atoms with E-state index in [4.69, 9.17) is 4.74 Å². The lowest BCUT2D eigenvalue weighted by molar-refractivity contribution is -0.154. The quantitative estimate of drug-likeness (QED) is 0.149. The zero-order chi connectivity index (χ0) is 25.8. The number of aliphatic hydroxyl groups excluding tert-OH is 1. The van der Waals surface area contributed by atoms with Crippen molar-refractivity contribution in [1.29, 1.82) is 0 Å². The van der Waals surface area contributed by atoms with Gasteiger partial charge in [-0.1, -0.05) is 41.4 Å². The maximum absolute atomic E-state index is 14.2. The highest BCUT2D eigenvalue weighted by Crippen LogP contribution is 2.68. The summed E-state index contributed by atoms with van der Waals surface area (Å²) in [6.45, 7) is 12.7. The van der Waals surface area contributed by atoms with Crippen molar-refractivity contribution in [2.45, 2.75) is 79.3 Å². The van der Waals surface area contributed by atoms with Crippen molar-refractivity contribution in [2.24, 2.45) is 11.8 Å². The fourth-order valence-corrected chi connectivity index (χ4v) is 9.60. The summed E-state index contributed by atoms with van der Waals surface area (Å²) in [5.74, 6) is -1.74. The van der Waals surface area contributed by atoms with Crippen LogP contribution in [0.3, 0.4) is 0 Å². The number of fused-ring (bicyclic) bond motifs is 1. The van der Waals surface area contributed by atoms with Crippen LogP contribution in [0.1, 0.15) is 52.4 Å². The Morgan fingerprint density at radius 3 is 2.74 bits per heavy atom. The number of nitrogens with zero attached hydrogens (tertiary/aromatic N) is 2. The normalized spacial score (nSPS) is 31.8. The molecule has 0 radical (unpaired) electrons. The van der Waals surface area contributed by atoms with E-state index in [2.05, 4.69) is 36.0 Å². The number of ether oxygens (including phenoxy) is 1. The van der Waals surface area contributed by atoms with Gasteiger partial charge >= 0.3 is 5.97 Å². The molecule has 2 amide bonds. The predicted octanol–water partition coefficient (Wildman–Crippen LogP) is 3.55. The van der Waals surface area contributed by atoms with Crippen molar-refractivity contribution >= 4 is 45.5 Å². The first-order valence-corrected chi connectivity index (χ1v) is 14.5. The molecule has 0 saturated carbocycles. The third-order valence-electron chi connectivity index (χ3n) is 7.52. The third-order valence-corrected chi connectivity index (χ3v) is 10.7. The molecule has 3 saturated heterocycles. The van der Waals surface area contributed by atoms with Gasteiger partial charge in [-0.05, 0) is 39.0 Å². The van der Waals surface area contributed by atoms with Crippen LogP contribution in [-0.2, 0) is 19.1 Å². The third kappa shape index (κ3) is 5.23. The second kappa shape index (κ2) is 12.3. The molecule has 196 valence electrons. The van der Waals surface area contributed by atoms with Gasteiger partial charge in [-0.15, -0.1) is 24.9 Å². The number of amides is 2. The summed E-state index contributed by atoms with van der Waals surface area (Å²) in [5.41, 5.74) is 0. The van der Waals surface area contributed by atoms with E-state index in [-0.39, 0.29) is 47.1 Å². The molecule has 3 fully saturated rings. The Morgan fingerprint density at radius 2 is 2.11 bits per heavy atom. The van der Waals surface area contributed by atoms with Crippen molar-refractivity contribution in [3.05, 3.63) is 25.3 Å². The smallest absolute Gasteiger partial charge is 0.310 e. The number of esters is 1. The molecular formula is C26H39BrN2O5S. The molecule has 4 unspecified atom stereocenters. The van der Waals surface area contributed by atoms with E-state index in [1.54, 1.807) is 28.8 Å². The van der Waals surface area contributed by atoms with Crippen LogP contribution < -0.4 is 0 Å². The number of rotatable bonds is 14. The van der Waals surface area contributed by atoms with E-state index in [0.717, 1.165) is 12.8 Å². The number of unbranched alkanes of at least 4 members (excludes halogenated alkanes) is 1. The Bertz CT molecular complexity index is 826. The average molecular weight is 572 g/mol. The first-order chi connectivity index (χ1) is 16.8. The summed E-state index contributed by atoms with van der Waals surface area (Å²) >= 11 is 5.39. The van der Waals surface area contributed by atoms with Gasteiger partial charge in [0.2, 0.25) is 11.8 Å². The number of thioether (sulfide) groups is 1. The fraction of sp³-hybridized carbons (Fsp3) is 0.731. The van der Waals surface area contributed by atoms with E-state index in [9.17, 15) is 19.5 Å². The van der Waals surface area contributed by atoms with Crippen molar-refractivity contribution in [3.8, 4) is 0 Å². The maximum Gasteiger partial charge on any atom is 0.310 e. The minimum atomic E-state index is -0.681. The number of alkyl halides is 1. The summed E-state index contributed by atoms with van der Waals surface area (Å²) in [6.07, 6.45) is 7.58. The standard InChI is InChI=1S/C26H39BrN2O5S/c1-5-8-15-34-25(33)19-20-23(31)29(13-9-10-14-30)22(26(20)16-18(27)21(19)35-26)24(32)28(12-7-3)17(4)11-6-2/h5,7,17-22,30H,1,3,6,8-16H2,2,4H3/t17?,18?,19-,20-,21-,22?,26?/m0/s1. The molecule has 3 heterocycles. The van der Waals surface area contributed by atoms with Gasteiger partial charge in [0.05, 0.1) is 23.2 Å². The minimum Gasteiger partial charge on any atom is -0.465 e. The maximum atomic E-state index is 14.2. The van der Waals surface area contributed by atoms with Gasteiger partial charge in [0.25, 0.3) is 0 Å². The van der Waals surface area contributed by atoms with Gasteiger partial charge in [0.1, 0.15) is 6.04 Å². The van der Waals surface area contributed by atoms with Gasteiger partial charge in [-0.3, -0.25) is 14.4 Å². The van der Waals surface area contributed by atoms with Crippen LogP contribution in [0.2, 0.25) is 0 Å². The van der Waals surface area contributed by atoms with E-state index in [1.165, 1.54) is 0 Å². The van der Waals surface area contributed by atoms with E-state index in [0.29, 0.717) is 38.8 Å². The number of likely N-dealkylation sites (tertiary alicyclic amines) is 1. The van der Waals surface area contributed by atoms with Gasteiger partial charge < -0.3 is 19.6 Å². The Hall–Kier alpha value is -1.32. The largest absolute Gasteiger partial charge is 0.465 e. The first kappa shape index (κ1) is 28.3. The molecule has 1 N–H and O–H groups in total. The van der Waals surface area contributed by atoms with Crippen LogP contribution in [0.4, 0.5) is 0 Å². The molecule has 0 aliphatic carbocycles. The van der Waals surface area contributed by atoms with Crippen molar-refractivity contribution in [1.82, 2.24) is 9.80 Å². The molecule has 3 rings (SSSR count). The fourth-order valence-electron chi connectivity index (χ4n) is 6.01. The number of hydrogen-bond donors (Lipinski definition) is 1. The number of carbonyl (C=O) groups excluding carboxylic acids is 3. The van der Waals surface area contributed by atoms with E-state index >= 15 is 0 Å². The van der Waals surface area contributed by atoms with E-state index < -0.39 is 22.6 Å². The van der Waals surface area contributed by atoms with Gasteiger partial charge in [0, 0.05) is 35.8 Å². The lowest BCUT2D eigenvalue weighted by Gasteiger charge is -2.39. The molecule has 9 heteroatoms. The van der Waals surface area contributed by atoms with Crippen molar-refractivity contribution < 1.29 is 24.2 Å². The van der Waals surface area contributed by atoms with E-state index in [1.807, 2.05) is 11.8 Å². The molecule has 0 aromatic carbocycles. The molecule has 1 spiro atoms. The summed E-state index contributed by atoms with van der Waals surface area (Å²) in [5, 5.41) is 9.21. The minimum absolute atomic E-state index is 0.0124. The highest BCUT2D eigenvalue weighted by Gasteiger charge is 2.76. The average Bonchev–Trinajstić information content (AvgIpc) is 3.41. The molecule has 3 aliphatic heterocycles. The zero-order valence-corrected chi connectivity index (χ0v) is 23.3. The molecule has 7 nitrogen and oxygen atoms in total. The SMILES string of the molecule is C=CCCOC(=O)[C@H]1[C@H]2C(=O)N(CCCCO)C(C(=O)N(CC=C)C(C)CCC)C23CC(Br)[C@@H]1S3. The van der Waals surface area contributed by atoms with Gasteiger partial charge in [-0.2, -0.15) is 0 Å². The number of aliphatic hydroxyl groups is 1. The molecule has 3 aliphatic rings. The van der Waals surface area contributed by atoms with Gasteiger partial charge in [-0.25, -0.2) is 0 Å². The Kier molecular flexibility index (Phi) is 9.91. The highest BCUT2D eigenvalue weighted by atomic mass is 79.9. The number of carbonyl (C=O) groups is 3. The predicted molar refractivity (Wildman–Crippen MR) is 142 cm³/mol. The lowest BCUT2D eigenvalue weighted by atomic mass is 9.71. The summed E-state index contributed by atoms with van der Waals surface area (Å²) in [4.78, 5) is 44.9. The lowest BCUT2D eigenvalue weighted by Crippen LogP contribution is -2.57. The van der Waals surface area contributed by atoms with Crippen LogP contribution >= 0.6 is 27.7 Å². The topological polar surface area (TPSA) is 87.1 Å². The zero-order valence-electron chi connectivity index (χ0n) is 20.9. The molecule has 2 bridgehead atoms. The van der Waals surface area contributed by atoms with Crippen molar-refractivity contribution in [3.63, 3.8) is 0 Å². The highest BCUT2D eigenvalue weighted by molar-refractivity contribution is 9.09. The molecule has 35 heavy (non-hydrogen) atoms. The van der Waals surface area contributed by atoms with Crippen molar-refractivity contribution in [2.75, 3.05) is 26.3 Å². The molecule has 7 atom stereocenters. The second-order valence-electron chi connectivity index (χ2n) is 9.79. The summed E-state index contributed by atoms with van der Waals surface area (Å²) < 4.78 is 4.87. The van der Waals surface area contributed by atoms with Crippen LogP contribution in [-0.4, -0.2) is 85.9 Å². The van der Waals surface area contributed by atoms with Gasteiger partial charge in [0.15, 0.2) is 0 Å². The Balaban J connectivity index is 2.00. The number of hydrogen-bond acceptors (Lipinski definition) is 6. The molecule has 0 aromatic rings. The Labute approximate surface area is 221 Å². The summed E-state index contributed by atoms with van der Waals surface area (Å²) in [6, 6.07) is -0.641. The summed E-state index contributed by atoms with van der Waals surface area (Å²) in [7, 11) is 0. The number of halogens is 1. The monoisotopic (exact) mass is 570 g/mol. The van der Waals surface area contributed by atoms with Crippen LogP contribution in [0.25, 0.3) is 0 Å². The van der Waals surface area contributed by atoms with Crippen LogP contribution in [0.5, 0.6) is 0 Å². The Morgan fingerprint density at radius 1 is 1.37 bits per heavy atom. The first-order valence-electron chi connectivity index (χ1n) is 12.7. The molecule has 0 aromatic heterocycles. The molecular weight excluding hydrogens is 532 g/mol. The second-order valence-corrected chi connectivity index (χ2v) is 12.5. The van der Waals surface area contributed by atoms with Crippen LogP contribution in [0.15, 0.2) is 25.3 Å².